The number of rotatable bonds is 2. The predicted molar refractivity (Wildman–Crippen MR) is 65.9 cm³/mol. The molecule has 17 heavy (non-hydrogen) atoms. The minimum absolute atomic E-state index is 0.558. The molecule has 0 aromatic carbocycles. The Bertz CT molecular complexity index is 441. The Kier molecular flexibility index (Phi) is 3.57. The molecule has 2 rings (SSSR count). The van der Waals surface area contributed by atoms with E-state index in [1.807, 2.05) is 13.1 Å². The van der Waals surface area contributed by atoms with E-state index in [-0.39, 0.29) is 0 Å². The Hall–Kier alpha value is -1.64. The van der Waals surface area contributed by atoms with Gasteiger partial charge in [0.25, 0.3) is 0 Å². The molecule has 1 fully saturated rings. The van der Waals surface area contributed by atoms with Gasteiger partial charge < -0.3 is 5.11 Å². The van der Waals surface area contributed by atoms with E-state index in [1.165, 1.54) is 11.6 Å². The average Bonchev–Trinajstić information content (AvgIpc) is 2.29. The van der Waals surface area contributed by atoms with Crippen LogP contribution in [0.15, 0.2) is 30.0 Å². The average molecular weight is 231 g/mol. The van der Waals surface area contributed by atoms with E-state index in [1.54, 1.807) is 0 Å². The van der Waals surface area contributed by atoms with Gasteiger partial charge in [-0.15, -0.1) is 0 Å². The van der Waals surface area contributed by atoms with Gasteiger partial charge in [0.2, 0.25) is 0 Å². The number of aryl methyl sites for hydroxylation is 1. The molecule has 0 saturated heterocycles. The quantitative estimate of drug-likeness (QED) is 0.796. The first-order chi connectivity index (χ1) is 8.15. The first-order valence-electron chi connectivity index (χ1n) is 6.00. The van der Waals surface area contributed by atoms with E-state index >= 15 is 0 Å². The van der Waals surface area contributed by atoms with Crippen molar-refractivity contribution in [2.75, 3.05) is 0 Å². The topological polar surface area (TPSA) is 50.2 Å². The van der Waals surface area contributed by atoms with Crippen molar-refractivity contribution in [3.8, 4) is 0 Å². The van der Waals surface area contributed by atoms with E-state index < -0.39 is 5.97 Å². The molecular formula is C14H17NO2. The lowest BCUT2D eigenvalue weighted by atomic mass is 9.81. The Balaban J connectivity index is 2.02. The molecule has 1 aliphatic rings. The molecule has 1 N–H and O–H groups in total. The summed E-state index contributed by atoms with van der Waals surface area (Å²) in [6, 6.07) is 4.21. The second-order valence-electron chi connectivity index (χ2n) is 4.65. The fourth-order valence-electron chi connectivity index (χ4n) is 2.46. The van der Waals surface area contributed by atoms with E-state index in [2.05, 4.69) is 17.1 Å². The molecule has 1 aromatic rings. The molecule has 90 valence electrons. The van der Waals surface area contributed by atoms with Crippen LogP contribution in [0, 0.1) is 6.92 Å². The molecule has 1 aliphatic carbocycles. The lowest BCUT2D eigenvalue weighted by Gasteiger charge is -2.24. The van der Waals surface area contributed by atoms with Crippen LogP contribution >= 0.6 is 0 Å². The SMILES string of the molecule is Cc1cc(C2CCC(=CC(=O)O)CC2)ccn1. The molecule has 1 heterocycles. The summed E-state index contributed by atoms with van der Waals surface area (Å²) in [6.45, 7) is 2.00. The van der Waals surface area contributed by atoms with Crippen molar-refractivity contribution < 1.29 is 9.90 Å². The maximum absolute atomic E-state index is 10.6. The molecule has 0 bridgehead atoms. The van der Waals surface area contributed by atoms with Crippen LogP contribution in [0.3, 0.4) is 0 Å². The van der Waals surface area contributed by atoms with Gasteiger partial charge in [0, 0.05) is 18.0 Å². The number of allylic oxidation sites excluding steroid dienone is 1. The van der Waals surface area contributed by atoms with Crippen LogP contribution in [0.1, 0.15) is 42.9 Å². The molecule has 0 aliphatic heterocycles. The number of hydrogen-bond donors (Lipinski definition) is 1. The van der Waals surface area contributed by atoms with Crippen LogP contribution in [0.5, 0.6) is 0 Å². The third kappa shape index (κ3) is 3.16. The number of carboxylic acids is 1. The minimum Gasteiger partial charge on any atom is -0.478 e. The number of carboxylic acid groups (broad SMARTS) is 1. The van der Waals surface area contributed by atoms with Crippen molar-refractivity contribution >= 4 is 5.97 Å². The summed E-state index contributed by atoms with van der Waals surface area (Å²) in [5.74, 6) is -0.263. The number of nitrogens with zero attached hydrogens (tertiary/aromatic N) is 1. The van der Waals surface area contributed by atoms with Crippen molar-refractivity contribution in [1.82, 2.24) is 4.98 Å². The Morgan fingerprint density at radius 2 is 2.18 bits per heavy atom. The zero-order valence-electron chi connectivity index (χ0n) is 10.0. The highest BCUT2D eigenvalue weighted by Gasteiger charge is 2.18. The molecular weight excluding hydrogens is 214 g/mol. The van der Waals surface area contributed by atoms with Gasteiger partial charge >= 0.3 is 5.97 Å². The fraction of sp³-hybridized carbons (Fsp3) is 0.429. The molecule has 3 heteroatoms. The molecule has 0 unspecified atom stereocenters. The zero-order valence-corrected chi connectivity index (χ0v) is 10.0. The van der Waals surface area contributed by atoms with Crippen LogP contribution in [-0.4, -0.2) is 16.1 Å². The highest BCUT2D eigenvalue weighted by molar-refractivity contribution is 5.80. The van der Waals surface area contributed by atoms with E-state index in [0.717, 1.165) is 37.0 Å². The van der Waals surface area contributed by atoms with Gasteiger partial charge in [0.05, 0.1) is 0 Å². The van der Waals surface area contributed by atoms with Crippen molar-refractivity contribution in [1.29, 1.82) is 0 Å². The lowest BCUT2D eigenvalue weighted by Crippen LogP contribution is -2.08. The predicted octanol–water partition coefficient (Wildman–Crippen LogP) is 3.06. The summed E-state index contributed by atoms with van der Waals surface area (Å²) in [6.07, 6.45) is 7.11. The molecule has 1 saturated carbocycles. The normalized spacial score (nSPS) is 20.1. The van der Waals surface area contributed by atoms with Gasteiger partial charge in [-0.05, 0) is 56.2 Å². The van der Waals surface area contributed by atoms with Crippen molar-refractivity contribution in [2.24, 2.45) is 0 Å². The van der Waals surface area contributed by atoms with Crippen LogP contribution in [0.2, 0.25) is 0 Å². The summed E-state index contributed by atoms with van der Waals surface area (Å²) in [5.41, 5.74) is 3.46. The first kappa shape index (κ1) is 11.8. The van der Waals surface area contributed by atoms with Gasteiger partial charge in [-0.1, -0.05) is 5.57 Å². The molecule has 1 aromatic heterocycles. The van der Waals surface area contributed by atoms with Crippen LogP contribution in [0.4, 0.5) is 0 Å². The monoisotopic (exact) mass is 231 g/mol. The van der Waals surface area contributed by atoms with Gasteiger partial charge in [0.15, 0.2) is 0 Å². The smallest absolute Gasteiger partial charge is 0.328 e. The molecule has 0 amide bonds. The summed E-state index contributed by atoms with van der Waals surface area (Å²) in [7, 11) is 0. The fourth-order valence-corrected chi connectivity index (χ4v) is 2.46. The Morgan fingerprint density at radius 3 is 2.76 bits per heavy atom. The molecule has 0 atom stereocenters. The summed E-state index contributed by atoms with van der Waals surface area (Å²) in [4.78, 5) is 14.8. The maximum Gasteiger partial charge on any atom is 0.328 e. The second-order valence-corrected chi connectivity index (χ2v) is 4.65. The molecule has 0 spiro atoms. The second kappa shape index (κ2) is 5.13. The third-order valence-corrected chi connectivity index (χ3v) is 3.35. The third-order valence-electron chi connectivity index (χ3n) is 3.35. The number of pyridine rings is 1. The lowest BCUT2D eigenvalue weighted by molar-refractivity contribution is -0.131. The van der Waals surface area contributed by atoms with E-state index in [4.69, 9.17) is 5.11 Å². The van der Waals surface area contributed by atoms with E-state index in [9.17, 15) is 4.79 Å². The highest BCUT2D eigenvalue weighted by atomic mass is 16.4. The maximum atomic E-state index is 10.6. The Morgan fingerprint density at radius 1 is 1.47 bits per heavy atom. The van der Waals surface area contributed by atoms with Gasteiger partial charge in [-0.3, -0.25) is 4.98 Å². The van der Waals surface area contributed by atoms with Gasteiger partial charge in [-0.2, -0.15) is 0 Å². The Labute approximate surface area is 101 Å². The van der Waals surface area contributed by atoms with Crippen LogP contribution in [-0.2, 0) is 4.79 Å². The van der Waals surface area contributed by atoms with E-state index in [0.29, 0.717) is 5.92 Å². The summed E-state index contributed by atoms with van der Waals surface area (Å²) in [5, 5.41) is 8.70. The van der Waals surface area contributed by atoms with Crippen LogP contribution < -0.4 is 0 Å². The van der Waals surface area contributed by atoms with Crippen LogP contribution in [0.25, 0.3) is 0 Å². The number of hydrogen-bond acceptors (Lipinski definition) is 2. The first-order valence-corrected chi connectivity index (χ1v) is 6.00. The minimum atomic E-state index is -0.821. The number of aliphatic carboxylic acids is 1. The van der Waals surface area contributed by atoms with Crippen molar-refractivity contribution in [3.63, 3.8) is 0 Å². The number of carbonyl (C=O) groups is 1. The summed E-state index contributed by atoms with van der Waals surface area (Å²) < 4.78 is 0. The number of aromatic nitrogens is 1. The standard InChI is InChI=1S/C14H17NO2/c1-10-8-13(6-7-15-10)12-4-2-11(3-5-12)9-14(16)17/h6-9,12H,2-5H2,1H3,(H,16,17). The zero-order chi connectivity index (χ0) is 12.3. The van der Waals surface area contributed by atoms with Crippen molar-refractivity contribution in [2.45, 2.75) is 38.5 Å². The van der Waals surface area contributed by atoms with Gasteiger partial charge in [-0.25, -0.2) is 4.79 Å². The van der Waals surface area contributed by atoms with Gasteiger partial charge in [0.1, 0.15) is 0 Å². The molecule has 0 radical (unpaired) electrons. The summed E-state index contributed by atoms with van der Waals surface area (Å²) >= 11 is 0. The highest BCUT2D eigenvalue weighted by Crippen LogP contribution is 2.35. The molecule has 3 nitrogen and oxygen atoms in total. The van der Waals surface area contributed by atoms with Crippen molar-refractivity contribution in [3.05, 3.63) is 41.2 Å². The largest absolute Gasteiger partial charge is 0.478 e.